The maximum Gasteiger partial charge on any atom is 0.417 e. The molecule has 1 fully saturated rings. The number of primary amides is 1. The van der Waals surface area contributed by atoms with Crippen molar-refractivity contribution < 1.29 is 22.7 Å². The third-order valence-corrected chi connectivity index (χ3v) is 3.53. The highest BCUT2D eigenvalue weighted by molar-refractivity contribution is 5.91. The minimum Gasteiger partial charge on any atom is -0.487 e. The highest BCUT2D eigenvalue weighted by Crippen LogP contribution is 2.30. The molecule has 2 aromatic heterocycles. The molecule has 0 bridgehead atoms. The van der Waals surface area contributed by atoms with Gasteiger partial charge in [-0.2, -0.15) is 13.2 Å². The van der Waals surface area contributed by atoms with E-state index >= 15 is 0 Å². The van der Waals surface area contributed by atoms with Gasteiger partial charge in [0.2, 0.25) is 0 Å². The molecule has 1 amide bonds. The van der Waals surface area contributed by atoms with Gasteiger partial charge >= 0.3 is 6.18 Å². The minimum absolute atomic E-state index is 0.105. The third-order valence-electron chi connectivity index (χ3n) is 3.53. The summed E-state index contributed by atoms with van der Waals surface area (Å²) in [7, 11) is 0. The van der Waals surface area contributed by atoms with Gasteiger partial charge in [0.15, 0.2) is 0 Å². The number of carbonyl (C=O) groups excluding carboxylic acids is 1. The average Bonchev–Trinajstić information content (AvgIpc) is 2.50. The first-order chi connectivity index (χ1) is 11.3. The van der Waals surface area contributed by atoms with Crippen LogP contribution in [0.15, 0.2) is 36.7 Å². The van der Waals surface area contributed by atoms with E-state index in [2.05, 4.69) is 9.97 Å². The molecular weight excluding hydrogens is 325 g/mol. The van der Waals surface area contributed by atoms with Crippen LogP contribution in [0, 0.1) is 0 Å². The Morgan fingerprint density at radius 3 is 2.58 bits per heavy atom. The molecule has 0 atom stereocenters. The minimum atomic E-state index is -4.40. The molecule has 126 valence electrons. The van der Waals surface area contributed by atoms with Gasteiger partial charge in [0.25, 0.3) is 5.91 Å². The van der Waals surface area contributed by atoms with Crippen LogP contribution in [0.4, 0.5) is 19.0 Å². The first-order valence-electron chi connectivity index (χ1n) is 7.03. The molecule has 0 aliphatic carbocycles. The summed E-state index contributed by atoms with van der Waals surface area (Å²) in [6, 6.07) is 5.38. The number of amides is 1. The van der Waals surface area contributed by atoms with E-state index in [1.807, 2.05) is 0 Å². The Bertz CT molecular complexity index is 743. The smallest absolute Gasteiger partial charge is 0.417 e. The van der Waals surface area contributed by atoms with E-state index in [1.165, 1.54) is 18.3 Å². The molecule has 0 aromatic carbocycles. The van der Waals surface area contributed by atoms with Gasteiger partial charge in [-0.1, -0.05) is 0 Å². The summed E-state index contributed by atoms with van der Waals surface area (Å²) < 4.78 is 43.2. The molecule has 0 radical (unpaired) electrons. The Morgan fingerprint density at radius 2 is 2.00 bits per heavy atom. The van der Waals surface area contributed by atoms with Crippen molar-refractivity contribution in [2.45, 2.75) is 12.3 Å². The number of rotatable bonds is 4. The van der Waals surface area contributed by atoms with Gasteiger partial charge in [-0.15, -0.1) is 0 Å². The number of pyridine rings is 2. The molecule has 1 aliphatic heterocycles. The summed E-state index contributed by atoms with van der Waals surface area (Å²) in [6.45, 7) is 0.958. The lowest BCUT2D eigenvalue weighted by atomic mass is 10.1. The van der Waals surface area contributed by atoms with Crippen LogP contribution < -0.4 is 15.4 Å². The second kappa shape index (κ2) is 5.99. The molecule has 2 aromatic rings. The highest BCUT2D eigenvalue weighted by Gasteiger charge is 2.33. The Hall–Kier alpha value is -2.84. The van der Waals surface area contributed by atoms with Gasteiger partial charge in [-0.3, -0.25) is 9.78 Å². The lowest BCUT2D eigenvalue weighted by molar-refractivity contribution is -0.137. The SMILES string of the molecule is NC(=O)c1cc(OC2CN(c3ccc(C(F)(F)F)cn3)C2)ccn1. The fourth-order valence-electron chi connectivity index (χ4n) is 2.25. The van der Waals surface area contributed by atoms with E-state index in [9.17, 15) is 18.0 Å². The van der Waals surface area contributed by atoms with Crippen molar-refractivity contribution in [3.8, 4) is 5.75 Å². The van der Waals surface area contributed by atoms with Crippen molar-refractivity contribution in [2.24, 2.45) is 5.73 Å². The Morgan fingerprint density at radius 1 is 1.25 bits per heavy atom. The van der Waals surface area contributed by atoms with Crippen molar-refractivity contribution in [2.75, 3.05) is 18.0 Å². The molecule has 2 N–H and O–H groups in total. The lowest BCUT2D eigenvalue weighted by Crippen LogP contribution is -2.54. The van der Waals surface area contributed by atoms with Crippen LogP contribution in [-0.2, 0) is 6.18 Å². The van der Waals surface area contributed by atoms with Crippen molar-refractivity contribution in [3.05, 3.63) is 47.9 Å². The van der Waals surface area contributed by atoms with Crippen LogP contribution in [0.2, 0.25) is 0 Å². The molecule has 0 unspecified atom stereocenters. The zero-order valence-electron chi connectivity index (χ0n) is 12.3. The quantitative estimate of drug-likeness (QED) is 0.920. The summed E-state index contributed by atoms with van der Waals surface area (Å²) in [4.78, 5) is 20.5. The number of carbonyl (C=O) groups is 1. The van der Waals surface area contributed by atoms with E-state index in [0.717, 1.165) is 12.3 Å². The fourth-order valence-corrected chi connectivity index (χ4v) is 2.25. The molecule has 6 nitrogen and oxygen atoms in total. The number of ether oxygens (including phenoxy) is 1. The van der Waals surface area contributed by atoms with Crippen molar-refractivity contribution in [3.63, 3.8) is 0 Å². The summed E-state index contributed by atoms with van der Waals surface area (Å²) in [5.41, 5.74) is 4.47. The third kappa shape index (κ3) is 3.39. The van der Waals surface area contributed by atoms with Crippen LogP contribution in [0.25, 0.3) is 0 Å². The molecule has 0 saturated carbocycles. The topological polar surface area (TPSA) is 81.3 Å². The van der Waals surface area contributed by atoms with Crippen molar-refractivity contribution in [1.82, 2.24) is 9.97 Å². The molecule has 3 heterocycles. The number of nitrogens with zero attached hydrogens (tertiary/aromatic N) is 3. The number of hydrogen-bond acceptors (Lipinski definition) is 5. The predicted octanol–water partition coefficient (Wildman–Crippen LogP) is 1.86. The van der Waals surface area contributed by atoms with E-state index in [-0.39, 0.29) is 11.8 Å². The van der Waals surface area contributed by atoms with E-state index in [0.29, 0.717) is 24.7 Å². The highest BCUT2D eigenvalue weighted by atomic mass is 19.4. The van der Waals surface area contributed by atoms with Gasteiger partial charge in [-0.25, -0.2) is 4.98 Å². The average molecular weight is 338 g/mol. The molecule has 3 rings (SSSR count). The second-order valence-corrected chi connectivity index (χ2v) is 5.29. The number of nitrogens with two attached hydrogens (primary N) is 1. The van der Waals surface area contributed by atoms with Crippen LogP contribution in [0.5, 0.6) is 5.75 Å². The number of hydrogen-bond donors (Lipinski definition) is 1. The van der Waals surface area contributed by atoms with Crippen LogP contribution in [-0.4, -0.2) is 35.1 Å². The molecule has 1 aliphatic rings. The van der Waals surface area contributed by atoms with Gasteiger partial charge in [0, 0.05) is 18.5 Å². The molecule has 1 saturated heterocycles. The van der Waals surface area contributed by atoms with E-state index in [1.54, 1.807) is 11.0 Å². The number of alkyl halides is 3. The molecule has 0 spiro atoms. The predicted molar refractivity (Wildman–Crippen MR) is 78.6 cm³/mol. The monoisotopic (exact) mass is 338 g/mol. The normalized spacial score (nSPS) is 15.0. The summed E-state index contributed by atoms with van der Waals surface area (Å²) in [5, 5.41) is 0. The zero-order chi connectivity index (χ0) is 17.3. The zero-order valence-corrected chi connectivity index (χ0v) is 12.3. The number of anilines is 1. The van der Waals surface area contributed by atoms with Crippen LogP contribution >= 0.6 is 0 Å². The first-order valence-corrected chi connectivity index (χ1v) is 7.03. The standard InChI is InChI=1S/C15H13F3N4O2/c16-15(17,18)9-1-2-13(21-6-9)22-7-11(8-22)24-10-3-4-20-12(5-10)14(19)23/h1-6,11H,7-8H2,(H2,19,23). The Labute approximate surface area is 135 Å². The second-order valence-electron chi connectivity index (χ2n) is 5.29. The lowest BCUT2D eigenvalue weighted by Gasteiger charge is -2.39. The summed E-state index contributed by atoms with van der Waals surface area (Å²) in [6.07, 6.45) is -2.32. The Balaban J connectivity index is 1.58. The maximum absolute atomic E-state index is 12.5. The van der Waals surface area contributed by atoms with E-state index in [4.69, 9.17) is 10.5 Å². The van der Waals surface area contributed by atoms with Crippen molar-refractivity contribution in [1.29, 1.82) is 0 Å². The van der Waals surface area contributed by atoms with Gasteiger partial charge in [0.1, 0.15) is 23.4 Å². The largest absolute Gasteiger partial charge is 0.487 e. The summed E-state index contributed by atoms with van der Waals surface area (Å²) >= 11 is 0. The maximum atomic E-state index is 12.5. The number of halogens is 3. The Kier molecular flexibility index (Phi) is 4.00. The summed E-state index contributed by atoms with van der Waals surface area (Å²) in [5.74, 6) is 0.267. The molecule has 9 heteroatoms. The molecule has 24 heavy (non-hydrogen) atoms. The van der Waals surface area contributed by atoms with Gasteiger partial charge in [0.05, 0.1) is 18.7 Å². The van der Waals surface area contributed by atoms with E-state index < -0.39 is 17.6 Å². The van der Waals surface area contributed by atoms with Crippen molar-refractivity contribution >= 4 is 11.7 Å². The number of aromatic nitrogens is 2. The van der Waals surface area contributed by atoms with Crippen LogP contribution in [0.3, 0.4) is 0 Å². The molecular formula is C15H13F3N4O2. The first kappa shape index (κ1) is 16.0. The van der Waals surface area contributed by atoms with Gasteiger partial charge < -0.3 is 15.4 Å². The van der Waals surface area contributed by atoms with Gasteiger partial charge in [-0.05, 0) is 18.2 Å². The van der Waals surface area contributed by atoms with Crippen LogP contribution in [0.1, 0.15) is 16.1 Å². The fraction of sp³-hybridized carbons (Fsp3) is 0.267.